The highest BCUT2D eigenvalue weighted by atomic mass is 32.1. The Morgan fingerprint density at radius 3 is 2.48 bits per heavy atom. The maximum absolute atomic E-state index is 13.4. The minimum absolute atomic E-state index is 0.227. The fourth-order valence-corrected chi connectivity index (χ4v) is 5.41. The molecule has 0 unspecified atom stereocenters. The number of para-hydroxylation sites is 1. The summed E-state index contributed by atoms with van der Waals surface area (Å²) in [5, 5.41) is 9.36. The number of fused-ring (bicyclic) bond motifs is 1. The lowest BCUT2D eigenvalue weighted by atomic mass is 10.0. The van der Waals surface area contributed by atoms with Crippen molar-refractivity contribution in [2.45, 2.75) is 6.92 Å². The molecule has 6 aromatic rings. The Kier molecular flexibility index (Phi) is 7.49. The monoisotopic (exact) mass is 573 g/mol. The Bertz CT molecular complexity index is 2020. The van der Waals surface area contributed by atoms with Gasteiger partial charge in [0, 0.05) is 17.3 Å². The number of hydrogen-bond acceptors (Lipinski definition) is 7. The van der Waals surface area contributed by atoms with Gasteiger partial charge in [-0.2, -0.15) is 14.6 Å². The van der Waals surface area contributed by atoms with Crippen molar-refractivity contribution in [3.63, 3.8) is 0 Å². The van der Waals surface area contributed by atoms with Gasteiger partial charge in [0.1, 0.15) is 23.8 Å². The summed E-state index contributed by atoms with van der Waals surface area (Å²) in [7, 11) is 1.63. The molecule has 0 amide bonds. The van der Waals surface area contributed by atoms with Gasteiger partial charge in [0.15, 0.2) is 5.82 Å². The van der Waals surface area contributed by atoms with E-state index in [2.05, 4.69) is 16.7 Å². The average Bonchev–Trinajstić information content (AvgIpc) is 3.70. The zero-order chi connectivity index (χ0) is 29.1. The first kappa shape index (κ1) is 26.9. The van der Waals surface area contributed by atoms with Crippen LogP contribution in [-0.2, 0) is 0 Å². The van der Waals surface area contributed by atoms with Crippen LogP contribution in [0.4, 0.5) is 0 Å². The fourth-order valence-electron chi connectivity index (χ4n) is 4.51. The highest BCUT2D eigenvalue weighted by molar-refractivity contribution is 7.15. The SMILES string of the molecule is C=CCOc1ccc(-c2nn(-c3ccccc3)cc2/C=c2\sc3nc(/C=C/c4ccc(OC)cc4)nn3c2=O)c(C)c1. The van der Waals surface area contributed by atoms with Crippen LogP contribution in [0.25, 0.3) is 40.1 Å². The van der Waals surface area contributed by atoms with Crippen LogP contribution in [0.2, 0.25) is 0 Å². The zero-order valence-electron chi connectivity index (χ0n) is 23.1. The van der Waals surface area contributed by atoms with E-state index in [0.29, 0.717) is 21.9 Å². The van der Waals surface area contributed by atoms with Gasteiger partial charge >= 0.3 is 0 Å². The van der Waals surface area contributed by atoms with E-state index in [0.717, 1.165) is 45.1 Å². The zero-order valence-corrected chi connectivity index (χ0v) is 23.9. The molecule has 0 N–H and O–H groups in total. The third-order valence-electron chi connectivity index (χ3n) is 6.61. The van der Waals surface area contributed by atoms with E-state index in [1.165, 1.54) is 15.9 Å². The molecule has 208 valence electrons. The number of thiazole rings is 1. The van der Waals surface area contributed by atoms with Crippen LogP contribution in [-0.4, -0.2) is 38.1 Å². The summed E-state index contributed by atoms with van der Waals surface area (Å²) < 4.78 is 14.6. The molecular weight excluding hydrogens is 546 g/mol. The van der Waals surface area contributed by atoms with Gasteiger partial charge in [0.25, 0.3) is 5.56 Å². The second-order valence-corrected chi connectivity index (χ2v) is 10.5. The second-order valence-electron chi connectivity index (χ2n) is 9.48. The predicted molar refractivity (Wildman–Crippen MR) is 167 cm³/mol. The number of aromatic nitrogens is 5. The van der Waals surface area contributed by atoms with E-state index in [-0.39, 0.29) is 5.56 Å². The molecule has 0 radical (unpaired) electrons. The minimum atomic E-state index is -0.227. The van der Waals surface area contributed by atoms with Crippen LogP contribution in [0.15, 0.2) is 96.4 Å². The number of aryl methyl sites for hydroxylation is 1. The van der Waals surface area contributed by atoms with Crippen molar-refractivity contribution in [1.29, 1.82) is 0 Å². The Labute approximate surface area is 246 Å². The number of benzene rings is 3. The summed E-state index contributed by atoms with van der Waals surface area (Å²) in [6, 6.07) is 23.4. The van der Waals surface area contributed by atoms with E-state index in [4.69, 9.17) is 14.6 Å². The molecule has 0 aliphatic rings. The Morgan fingerprint density at radius 2 is 1.76 bits per heavy atom. The topological polar surface area (TPSA) is 83.5 Å². The lowest BCUT2D eigenvalue weighted by Gasteiger charge is -2.08. The summed E-state index contributed by atoms with van der Waals surface area (Å²) >= 11 is 1.30. The van der Waals surface area contributed by atoms with Gasteiger partial charge in [-0.05, 0) is 72.7 Å². The molecule has 0 bridgehead atoms. The maximum Gasteiger partial charge on any atom is 0.291 e. The Hall–Kier alpha value is -5.28. The summed E-state index contributed by atoms with van der Waals surface area (Å²) in [6.07, 6.45) is 9.20. The van der Waals surface area contributed by atoms with Crippen molar-refractivity contribution in [3.05, 3.63) is 129 Å². The first-order chi connectivity index (χ1) is 20.5. The van der Waals surface area contributed by atoms with Gasteiger partial charge in [0.2, 0.25) is 4.96 Å². The fraction of sp³-hybridized carbons (Fsp3) is 0.0909. The van der Waals surface area contributed by atoms with Crippen LogP contribution in [0.5, 0.6) is 11.5 Å². The summed E-state index contributed by atoms with van der Waals surface area (Å²) in [5.74, 6) is 2.01. The second kappa shape index (κ2) is 11.7. The lowest BCUT2D eigenvalue weighted by Crippen LogP contribution is -2.23. The molecule has 0 saturated carbocycles. The molecule has 0 saturated heterocycles. The lowest BCUT2D eigenvalue weighted by molar-refractivity contribution is 0.363. The molecule has 0 fully saturated rings. The van der Waals surface area contributed by atoms with Gasteiger partial charge in [-0.25, -0.2) is 4.68 Å². The van der Waals surface area contributed by atoms with Crippen molar-refractivity contribution in [3.8, 4) is 28.4 Å². The first-order valence-electron chi connectivity index (χ1n) is 13.3. The highest BCUT2D eigenvalue weighted by Gasteiger charge is 2.16. The molecule has 0 aliphatic heterocycles. The molecule has 0 atom stereocenters. The normalized spacial score (nSPS) is 11.9. The van der Waals surface area contributed by atoms with Crippen molar-refractivity contribution in [1.82, 2.24) is 24.4 Å². The standard InChI is InChI=1S/C33H27N5O3S/c1-4-18-41-27-15-16-28(22(2)19-27)31-24(21-37(36-31)25-8-6-5-7-9-25)20-29-32(39)38-33(42-29)34-30(35-38)17-12-23-10-13-26(40-3)14-11-23/h4-17,19-21H,1,18H2,2-3H3/b17-12+,29-20-. The van der Waals surface area contributed by atoms with Crippen molar-refractivity contribution in [2.24, 2.45) is 0 Å². The van der Waals surface area contributed by atoms with Crippen molar-refractivity contribution in [2.75, 3.05) is 13.7 Å². The van der Waals surface area contributed by atoms with Gasteiger partial charge in [-0.15, -0.1) is 5.10 Å². The van der Waals surface area contributed by atoms with Crippen LogP contribution in [0, 0.1) is 6.92 Å². The molecule has 42 heavy (non-hydrogen) atoms. The first-order valence-corrected chi connectivity index (χ1v) is 14.1. The number of nitrogens with zero attached hydrogens (tertiary/aromatic N) is 5. The van der Waals surface area contributed by atoms with E-state index < -0.39 is 0 Å². The van der Waals surface area contributed by atoms with Crippen LogP contribution in [0.3, 0.4) is 0 Å². The number of ether oxygens (including phenoxy) is 2. The quantitative estimate of drug-likeness (QED) is 0.209. The van der Waals surface area contributed by atoms with Gasteiger partial charge in [-0.3, -0.25) is 4.79 Å². The van der Waals surface area contributed by atoms with E-state index in [9.17, 15) is 4.79 Å². The predicted octanol–water partition coefficient (Wildman–Crippen LogP) is 5.60. The number of methoxy groups -OCH3 is 1. The van der Waals surface area contributed by atoms with Gasteiger partial charge in [0.05, 0.1) is 17.3 Å². The third-order valence-corrected chi connectivity index (χ3v) is 7.57. The number of rotatable bonds is 9. The molecule has 0 spiro atoms. The summed E-state index contributed by atoms with van der Waals surface area (Å²) in [6.45, 7) is 6.16. The molecule has 9 heteroatoms. The van der Waals surface area contributed by atoms with E-state index in [1.807, 2.05) is 103 Å². The van der Waals surface area contributed by atoms with Gasteiger partial charge < -0.3 is 9.47 Å². The number of hydrogen-bond donors (Lipinski definition) is 0. The van der Waals surface area contributed by atoms with Gasteiger partial charge in [-0.1, -0.05) is 60.4 Å². The van der Waals surface area contributed by atoms with Crippen molar-refractivity contribution < 1.29 is 9.47 Å². The van der Waals surface area contributed by atoms with Crippen LogP contribution < -0.4 is 19.6 Å². The third kappa shape index (κ3) is 5.50. The molecule has 3 heterocycles. The molecule has 6 rings (SSSR count). The molecule has 3 aromatic carbocycles. The van der Waals surface area contributed by atoms with Crippen LogP contribution >= 0.6 is 11.3 Å². The Balaban J connectivity index is 1.38. The summed E-state index contributed by atoms with van der Waals surface area (Å²) in [4.78, 5) is 18.5. The molecular formula is C33H27N5O3S. The average molecular weight is 574 g/mol. The molecule has 3 aromatic heterocycles. The van der Waals surface area contributed by atoms with Crippen LogP contribution in [0.1, 0.15) is 22.5 Å². The van der Waals surface area contributed by atoms with E-state index in [1.54, 1.807) is 19.3 Å². The highest BCUT2D eigenvalue weighted by Crippen LogP contribution is 2.30. The smallest absolute Gasteiger partial charge is 0.291 e. The minimum Gasteiger partial charge on any atom is -0.497 e. The summed E-state index contributed by atoms with van der Waals surface area (Å²) in [5.41, 5.74) is 5.18. The molecule has 8 nitrogen and oxygen atoms in total. The van der Waals surface area contributed by atoms with E-state index >= 15 is 0 Å². The van der Waals surface area contributed by atoms with Crippen molar-refractivity contribution >= 4 is 34.5 Å². The largest absolute Gasteiger partial charge is 0.497 e. The maximum atomic E-state index is 13.4. The molecule has 0 aliphatic carbocycles. The Morgan fingerprint density at radius 1 is 0.976 bits per heavy atom.